The van der Waals surface area contributed by atoms with Crippen molar-refractivity contribution in [1.29, 1.82) is 0 Å². The number of thiophene rings is 1. The Morgan fingerprint density at radius 3 is 2.71 bits per heavy atom. The molecule has 1 aliphatic rings. The molecule has 0 radical (unpaired) electrons. The van der Waals surface area contributed by atoms with Crippen molar-refractivity contribution in [1.82, 2.24) is 5.32 Å². The Labute approximate surface area is 147 Å². The van der Waals surface area contributed by atoms with Gasteiger partial charge in [0.05, 0.1) is 27.1 Å². The summed E-state index contributed by atoms with van der Waals surface area (Å²) < 4.78 is 40.9. The highest BCUT2D eigenvalue weighted by atomic mass is 35.5. The van der Waals surface area contributed by atoms with E-state index in [1.165, 1.54) is 19.2 Å². The van der Waals surface area contributed by atoms with E-state index in [0.717, 1.165) is 26.0 Å². The van der Waals surface area contributed by atoms with Crippen molar-refractivity contribution in [3.05, 3.63) is 45.4 Å². The van der Waals surface area contributed by atoms with Gasteiger partial charge in [0.25, 0.3) is 5.91 Å². The van der Waals surface area contributed by atoms with E-state index in [4.69, 9.17) is 11.6 Å². The van der Waals surface area contributed by atoms with Gasteiger partial charge in [-0.25, -0.2) is 8.70 Å². The Hall–Kier alpha value is -1.84. The van der Waals surface area contributed by atoms with Crippen molar-refractivity contribution < 1.29 is 17.6 Å². The molecule has 0 aliphatic carbocycles. The number of fused-ring (bicyclic) bond motifs is 1. The number of hydrogen-bond donors (Lipinski definition) is 1. The minimum absolute atomic E-state index is 0.00598. The topological polar surface area (TPSA) is 69.7 Å². The standard InChI is InChI=1S/C14H13ClFN3O3S2/c1-18-10-3-2-9(16)8-11(10)19(24(18,21)22)7-6-17-14(20)12-4-5-13(15)23-12/h2-5,8H,6-7H2,1H3,(H,17,20). The quantitative estimate of drug-likeness (QED) is 0.873. The van der Waals surface area contributed by atoms with Crippen molar-refractivity contribution in [3.8, 4) is 0 Å². The third-order valence-electron chi connectivity index (χ3n) is 3.57. The van der Waals surface area contributed by atoms with Crippen molar-refractivity contribution in [2.24, 2.45) is 0 Å². The maximum Gasteiger partial charge on any atom is 0.326 e. The summed E-state index contributed by atoms with van der Waals surface area (Å²) in [6.07, 6.45) is 0. The zero-order valence-electron chi connectivity index (χ0n) is 12.5. The van der Waals surface area contributed by atoms with Crippen LogP contribution in [0.15, 0.2) is 30.3 Å². The molecule has 10 heteroatoms. The van der Waals surface area contributed by atoms with Crippen molar-refractivity contribution in [3.63, 3.8) is 0 Å². The lowest BCUT2D eigenvalue weighted by Gasteiger charge is -2.19. The zero-order valence-corrected chi connectivity index (χ0v) is 14.9. The molecule has 1 aromatic heterocycles. The van der Waals surface area contributed by atoms with Gasteiger partial charge in [0, 0.05) is 19.7 Å². The van der Waals surface area contributed by atoms with Crippen molar-refractivity contribution in [2.75, 3.05) is 28.7 Å². The summed E-state index contributed by atoms with van der Waals surface area (Å²) >= 11 is 6.91. The van der Waals surface area contributed by atoms with E-state index >= 15 is 0 Å². The van der Waals surface area contributed by atoms with E-state index in [0.29, 0.717) is 14.9 Å². The molecule has 0 bridgehead atoms. The van der Waals surface area contributed by atoms with Gasteiger partial charge in [-0.3, -0.25) is 9.10 Å². The Bertz CT molecular complexity index is 900. The fraction of sp³-hybridized carbons (Fsp3) is 0.214. The predicted molar refractivity (Wildman–Crippen MR) is 92.7 cm³/mol. The molecule has 0 atom stereocenters. The van der Waals surface area contributed by atoms with Crippen LogP contribution in [0.2, 0.25) is 4.34 Å². The van der Waals surface area contributed by atoms with Crippen LogP contribution in [0, 0.1) is 5.82 Å². The number of nitrogens with one attached hydrogen (secondary N) is 1. The molecule has 2 heterocycles. The fourth-order valence-corrected chi connectivity index (χ4v) is 4.76. The van der Waals surface area contributed by atoms with Crippen LogP contribution in [-0.2, 0) is 10.2 Å². The van der Waals surface area contributed by atoms with Gasteiger partial charge in [0.15, 0.2) is 0 Å². The lowest BCUT2D eigenvalue weighted by atomic mass is 10.2. The number of benzene rings is 1. The summed E-state index contributed by atoms with van der Waals surface area (Å²) in [6, 6.07) is 6.98. The molecular formula is C14H13ClFN3O3S2. The number of anilines is 2. The van der Waals surface area contributed by atoms with E-state index in [1.54, 1.807) is 12.1 Å². The number of carbonyl (C=O) groups excluding carboxylic acids is 1. The zero-order chi connectivity index (χ0) is 17.5. The highest BCUT2D eigenvalue weighted by Crippen LogP contribution is 2.39. The molecule has 3 rings (SSSR count). The van der Waals surface area contributed by atoms with E-state index in [9.17, 15) is 17.6 Å². The first-order valence-electron chi connectivity index (χ1n) is 6.90. The summed E-state index contributed by atoms with van der Waals surface area (Å²) in [6.45, 7) is 0.0748. The molecular weight excluding hydrogens is 377 g/mol. The molecule has 6 nitrogen and oxygen atoms in total. The third kappa shape index (κ3) is 2.94. The Balaban J connectivity index is 1.73. The predicted octanol–water partition coefficient (Wildman–Crippen LogP) is 2.47. The van der Waals surface area contributed by atoms with Crippen LogP contribution in [0.4, 0.5) is 15.8 Å². The van der Waals surface area contributed by atoms with Crippen LogP contribution < -0.4 is 13.9 Å². The van der Waals surface area contributed by atoms with Gasteiger partial charge in [-0.05, 0) is 24.3 Å². The van der Waals surface area contributed by atoms with Crippen LogP contribution >= 0.6 is 22.9 Å². The Kier molecular flexibility index (Phi) is 4.41. The monoisotopic (exact) mass is 389 g/mol. The minimum atomic E-state index is -3.77. The summed E-state index contributed by atoms with van der Waals surface area (Å²) in [5, 5.41) is 2.63. The van der Waals surface area contributed by atoms with Crippen molar-refractivity contribution >= 4 is 50.4 Å². The fourth-order valence-electron chi connectivity index (χ4n) is 2.39. The maximum absolute atomic E-state index is 13.5. The minimum Gasteiger partial charge on any atom is -0.350 e. The largest absolute Gasteiger partial charge is 0.350 e. The summed E-state index contributed by atoms with van der Waals surface area (Å²) in [4.78, 5) is 12.4. The third-order valence-corrected chi connectivity index (χ3v) is 6.62. The van der Waals surface area contributed by atoms with E-state index in [-0.39, 0.29) is 24.7 Å². The molecule has 1 aromatic carbocycles. The number of rotatable bonds is 4. The first kappa shape index (κ1) is 17.0. The molecule has 0 unspecified atom stereocenters. The highest BCUT2D eigenvalue weighted by molar-refractivity contribution is 7.94. The normalized spacial score (nSPS) is 15.5. The molecule has 0 spiro atoms. The van der Waals surface area contributed by atoms with Gasteiger partial charge in [0.1, 0.15) is 5.82 Å². The smallest absolute Gasteiger partial charge is 0.326 e. The Morgan fingerprint density at radius 1 is 1.29 bits per heavy atom. The average molecular weight is 390 g/mol. The summed E-state index contributed by atoms with van der Waals surface area (Å²) in [5.41, 5.74) is 0.652. The van der Waals surface area contributed by atoms with Crippen LogP contribution in [-0.4, -0.2) is 34.5 Å². The van der Waals surface area contributed by atoms with Crippen LogP contribution in [0.25, 0.3) is 0 Å². The lowest BCUT2D eigenvalue weighted by Crippen LogP contribution is -2.40. The highest BCUT2D eigenvalue weighted by Gasteiger charge is 2.37. The van der Waals surface area contributed by atoms with E-state index < -0.39 is 16.0 Å². The molecule has 2 aromatic rings. The van der Waals surface area contributed by atoms with Crippen LogP contribution in [0.1, 0.15) is 9.67 Å². The first-order chi connectivity index (χ1) is 11.3. The SMILES string of the molecule is CN1c2ccc(F)cc2N(CCNC(=O)c2ccc(Cl)s2)S1(=O)=O. The number of amides is 1. The van der Waals surface area contributed by atoms with Gasteiger partial charge < -0.3 is 5.32 Å². The van der Waals surface area contributed by atoms with Crippen LogP contribution in [0.5, 0.6) is 0 Å². The maximum atomic E-state index is 13.5. The molecule has 24 heavy (non-hydrogen) atoms. The van der Waals surface area contributed by atoms with Gasteiger partial charge in [0.2, 0.25) is 0 Å². The average Bonchev–Trinajstić information content (AvgIpc) is 3.03. The molecule has 1 amide bonds. The number of carbonyl (C=O) groups is 1. The molecule has 128 valence electrons. The van der Waals surface area contributed by atoms with E-state index in [1.807, 2.05) is 0 Å². The van der Waals surface area contributed by atoms with Crippen LogP contribution in [0.3, 0.4) is 0 Å². The van der Waals surface area contributed by atoms with Gasteiger partial charge >= 0.3 is 10.2 Å². The first-order valence-corrected chi connectivity index (χ1v) is 9.49. The molecule has 0 saturated heterocycles. The second kappa shape index (κ2) is 6.23. The number of halogens is 2. The summed E-state index contributed by atoms with van der Waals surface area (Å²) in [7, 11) is -2.37. The van der Waals surface area contributed by atoms with Gasteiger partial charge in [-0.15, -0.1) is 11.3 Å². The molecule has 0 fully saturated rings. The molecule has 0 saturated carbocycles. The van der Waals surface area contributed by atoms with E-state index in [2.05, 4.69) is 5.32 Å². The van der Waals surface area contributed by atoms with Gasteiger partial charge in [-0.1, -0.05) is 11.6 Å². The second-order valence-electron chi connectivity index (χ2n) is 5.04. The second-order valence-corrected chi connectivity index (χ2v) is 8.64. The molecule has 1 N–H and O–H groups in total. The van der Waals surface area contributed by atoms with Gasteiger partial charge in [-0.2, -0.15) is 8.42 Å². The number of hydrogen-bond acceptors (Lipinski definition) is 4. The lowest BCUT2D eigenvalue weighted by molar-refractivity contribution is 0.0959. The number of nitrogens with zero attached hydrogens (tertiary/aromatic N) is 2. The Morgan fingerprint density at radius 2 is 2.04 bits per heavy atom. The molecule has 1 aliphatic heterocycles. The summed E-state index contributed by atoms with van der Waals surface area (Å²) in [5.74, 6) is -0.863. The van der Waals surface area contributed by atoms with Crippen molar-refractivity contribution in [2.45, 2.75) is 0 Å².